The van der Waals surface area contributed by atoms with Crippen LogP contribution in [0.1, 0.15) is 5.56 Å². The van der Waals surface area contributed by atoms with E-state index in [1.165, 1.54) is 6.92 Å². The Kier molecular flexibility index (Phi) is 5.11. The average molecular weight is 257 g/mol. The molecule has 1 rings (SSSR count). The Hall–Kier alpha value is -1.60. The summed E-state index contributed by atoms with van der Waals surface area (Å²) in [5.74, 6) is -0.274. The van der Waals surface area contributed by atoms with E-state index >= 15 is 0 Å². The molecule has 102 valence electrons. The summed E-state index contributed by atoms with van der Waals surface area (Å²) in [5, 5.41) is 9.75. The van der Waals surface area contributed by atoms with Gasteiger partial charge in [0.25, 0.3) is 5.56 Å². The van der Waals surface area contributed by atoms with Crippen LogP contribution in [0.15, 0.2) is 9.59 Å². The third kappa shape index (κ3) is 3.44. The second kappa shape index (κ2) is 6.36. The number of aromatic amines is 1. The zero-order chi connectivity index (χ0) is 13.7. The fourth-order valence-electron chi connectivity index (χ4n) is 1.50. The number of aromatic nitrogens is 2. The summed E-state index contributed by atoms with van der Waals surface area (Å²) in [6.07, 6.45) is 0. The molecule has 18 heavy (non-hydrogen) atoms. The van der Waals surface area contributed by atoms with Crippen LogP contribution in [0.5, 0.6) is 5.88 Å². The number of rotatable bonds is 6. The van der Waals surface area contributed by atoms with E-state index in [4.69, 9.17) is 4.74 Å². The quantitative estimate of drug-likeness (QED) is 0.691. The maximum absolute atomic E-state index is 11.5. The lowest BCUT2D eigenvalue weighted by molar-refractivity contribution is 0.158. The summed E-state index contributed by atoms with van der Waals surface area (Å²) in [6, 6.07) is 0. The summed E-state index contributed by atoms with van der Waals surface area (Å²) < 4.78 is 6.09. The molecule has 0 aromatic carbocycles. The molecule has 0 saturated carbocycles. The van der Waals surface area contributed by atoms with Gasteiger partial charge in [-0.3, -0.25) is 14.3 Å². The predicted molar refractivity (Wildman–Crippen MR) is 67.1 cm³/mol. The van der Waals surface area contributed by atoms with Gasteiger partial charge in [-0.1, -0.05) is 0 Å². The lowest BCUT2D eigenvalue weighted by Gasteiger charge is -2.17. The van der Waals surface area contributed by atoms with Crippen LogP contribution in [-0.4, -0.2) is 53.4 Å². The lowest BCUT2D eigenvalue weighted by atomic mass is 10.3. The van der Waals surface area contributed by atoms with Crippen LogP contribution in [0.3, 0.4) is 0 Å². The highest BCUT2D eigenvalue weighted by molar-refractivity contribution is 5.20. The van der Waals surface area contributed by atoms with E-state index in [-0.39, 0.29) is 11.4 Å². The Balaban J connectivity index is 2.77. The first-order valence-corrected chi connectivity index (χ1v) is 5.67. The highest BCUT2D eigenvalue weighted by atomic mass is 16.5. The molecule has 2 N–H and O–H groups in total. The zero-order valence-corrected chi connectivity index (χ0v) is 10.9. The topological polar surface area (TPSA) is 87.6 Å². The number of hydrogen-bond acceptors (Lipinski definition) is 5. The van der Waals surface area contributed by atoms with Crippen LogP contribution in [-0.2, 0) is 11.3 Å². The fourth-order valence-corrected chi connectivity index (χ4v) is 1.50. The maximum Gasteiger partial charge on any atom is 0.331 e. The first-order chi connectivity index (χ1) is 8.47. The highest BCUT2D eigenvalue weighted by Crippen LogP contribution is 2.07. The van der Waals surface area contributed by atoms with Crippen molar-refractivity contribution < 1.29 is 9.84 Å². The van der Waals surface area contributed by atoms with Gasteiger partial charge >= 0.3 is 5.69 Å². The summed E-state index contributed by atoms with van der Waals surface area (Å²) in [6.45, 7) is 3.68. The van der Waals surface area contributed by atoms with Crippen molar-refractivity contribution in [3.63, 3.8) is 0 Å². The standard InChI is InChI=1S/C11H19N3O4/c1-8-9(15)12-11(17)14(10(8)16)5-4-13(2)6-7-18-3/h16H,4-7H2,1-3H3,(H,12,15,17). The fraction of sp³-hybridized carbons (Fsp3) is 0.636. The summed E-state index contributed by atoms with van der Waals surface area (Å²) in [5.41, 5.74) is -1.00. The van der Waals surface area contributed by atoms with E-state index in [0.717, 1.165) is 11.1 Å². The largest absolute Gasteiger partial charge is 0.494 e. The van der Waals surface area contributed by atoms with Crippen molar-refractivity contribution in [1.82, 2.24) is 14.5 Å². The van der Waals surface area contributed by atoms with Gasteiger partial charge in [0.1, 0.15) is 0 Å². The molecule has 0 atom stereocenters. The van der Waals surface area contributed by atoms with Crippen LogP contribution in [0.25, 0.3) is 0 Å². The predicted octanol–water partition coefficient (Wildman–Crippen LogP) is -0.871. The Bertz CT molecular complexity index is 506. The molecule has 1 aromatic rings. The molecule has 1 heterocycles. The van der Waals surface area contributed by atoms with Crippen molar-refractivity contribution >= 4 is 0 Å². The van der Waals surface area contributed by atoms with Gasteiger partial charge in [0.2, 0.25) is 5.88 Å². The van der Waals surface area contributed by atoms with Crippen LogP contribution >= 0.6 is 0 Å². The van der Waals surface area contributed by atoms with Gasteiger partial charge in [0.05, 0.1) is 12.2 Å². The molecule has 0 unspecified atom stereocenters. The van der Waals surface area contributed by atoms with E-state index in [1.54, 1.807) is 7.11 Å². The van der Waals surface area contributed by atoms with Crippen molar-refractivity contribution in [3.8, 4) is 5.88 Å². The molecule has 0 amide bonds. The normalized spacial score (nSPS) is 11.1. The number of likely N-dealkylation sites (N-methyl/N-ethyl adjacent to an activating group) is 1. The maximum atomic E-state index is 11.5. The molecule has 7 heteroatoms. The molecule has 0 fully saturated rings. The molecule has 0 spiro atoms. The average Bonchev–Trinajstić information content (AvgIpc) is 2.33. The van der Waals surface area contributed by atoms with Crippen molar-refractivity contribution in [1.29, 1.82) is 0 Å². The Morgan fingerprint density at radius 3 is 2.67 bits per heavy atom. The van der Waals surface area contributed by atoms with E-state index < -0.39 is 11.2 Å². The summed E-state index contributed by atoms with van der Waals surface area (Å²) in [7, 11) is 3.51. The monoisotopic (exact) mass is 257 g/mol. The molecule has 1 aromatic heterocycles. The van der Waals surface area contributed by atoms with Crippen molar-refractivity contribution in [2.45, 2.75) is 13.5 Å². The van der Waals surface area contributed by atoms with Gasteiger partial charge in [-0.15, -0.1) is 0 Å². The highest BCUT2D eigenvalue weighted by Gasteiger charge is 2.10. The number of nitrogens with one attached hydrogen (secondary N) is 1. The minimum Gasteiger partial charge on any atom is -0.494 e. The molecular formula is C11H19N3O4. The van der Waals surface area contributed by atoms with E-state index in [2.05, 4.69) is 4.98 Å². The Morgan fingerprint density at radius 1 is 1.39 bits per heavy atom. The van der Waals surface area contributed by atoms with Gasteiger partial charge in [-0.05, 0) is 14.0 Å². The summed E-state index contributed by atoms with van der Waals surface area (Å²) >= 11 is 0. The third-order valence-electron chi connectivity index (χ3n) is 2.78. The van der Waals surface area contributed by atoms with Crippen LogP contribution in [0.2, 0.25) is 0 Å². The molecule has 0 saturated heterocycles. The van der Waals surface area contributed by atoms with Crippen molar-refractivity contribution in [3.05, 3.63) is 26.4 Å². The van der Waals surface area contributed by atoms with Gasteiger partial charge < -0.3 is 14.7 Å². The van der Waals surface area contributed by atoms with Crippen LogP contribution < -0.4 is 11.2 Å². The number of methoxy groups -OCH3 is 1. The zero-order valence-electron chi connectivity index (χ0n) is 10.9. The molecule has 0 aliphatic rings. The molecule has 0 bridgehead atoms. The van der Waals surface area contributed by atoms with Gasteiger partial charge in [0, 0.05) is 26.7 Å². The SMILES string of the molecule is COCCN(C)CCn1c(O)c(C)c(=O)[nH]c1=O. The first-order valence-electron chi connectivity index (χ1n) is 5.67. The van der Waals surface area contributed by atoms with Gasteiger partial charge in [0.15, 0.2) is 0 Å². The van der Waals surface area contributed by atoms with Gasteiger partial charge in [-0.2, -0.15) is 0 Å². The molecule has 0 radical (unpaired) electrons. The molecule has 7 nitrogen and oxygen atoms in total. The minimum atomic E-state index is -0.594. The van der Waals surface area contributed by atoms with E-state index in [9.17, 15) is 14.7 Å². The smallest absolute Gasteiger partial charge is 0.331 e. The Morgan fingerprint density at radius 2 is 2.06 bits per heavy atom. The minimum absolute atomic E-state index is 0.147. The second-order valence-corrected chi connectivity index (χ2v) is 4.16. The van der Waals surface area contributed by atoms with Gasteiger partial charge in [-0.25, -0.2) is 4.79 Å². The number of aromatic hydroxyl groups is 1. The summed E-state index contributed by atoms with van der Waals surface area (Å²) in [4.78, 5) is 26.9. The third-order valence-corrected chi connectivity index (χ3v) is 2.78. The first kappa shape index (κ1) is 14.5. The van der Waals surface area contributed by atoms with Crippen LogP contribution in [0, 0.1) is 6.92 Å². The number of ether oxygens (including phenoxy) is 1. The molecule has 0 aliphatic heterocycles. The van der Waals surface area contributed by atoms with E-state index in [1.807, 2.05) is 11.9 Å². The van der Waals surface area contributed by atoms with Crippen LogP contribution in [0.4, 0.5) is 0 Å². The lowest BCUT2D eigenvalue weighted by Crippen LogP contribution is -2.35. The molecule has 0 aliphatic carbocycles. The molecular weight excluding hydrogens is 238 g/mol. The van der Waals surface area contributed by atoms with Crippen molar-refractivity contribution in [2.24, 2.45) is 0 Å². The number of H-pyrrole nitrogens is 1. The number of hydrogen-bond donors (Lipinski definition) is 2. The second-order valence-electron chi connectivity index (χ2n) is 4.16. The van der Waals surface area contributed by atoms with Crippen molar-refractivity contribution in [2.75, 3.05) is 33.9 Å². The van der Waals surface area contributed by atoms with E-state index in [0.29, 0.717) is 19.7 Å². The Labute approximate surface area is 105 Å². The number of nitrogens with zero attached hydrogens (tertiary/aromatic N) is 2.